The summed E-state index contributed by atoms with van der Waals surface area (Å²) in [5, 5.41) is 8.85. The van der Waals surface area contributed by atoms with Crippen molar-refractivity contribution in [2.75, 3.05) is 22.6 Å². The number of fused-ring (bicyclic) bond motifs is 1. The summed E-state index contributed by atoms with van der Waals surface area (Å²) in [6, 6.07) is 11.5. The van der Waals surface area contributed by atoms with Gasteiger partial charge in [0.1, 0.15) is 12.4 Å². The first-order valence-electron chi connectivity index (χ1n) is 7.75. The average molecular weight is 360 g/mol. The van der Waals surface area contributed by atoms with E-state index in [4.69, 9.17) is 16.3 Å². The Morgan fingerprint density at radius 2 is 1.76 bits per heavy atom. The second-order valence-corrected chi connectivity index (χ2v) is 6.86. The van der Waals surface area contributed by atoms with Crippen LogP contribution >= 0.6 is 11.6 Å². The summed E-state index contributed by atoms with van der Waals surface area (Å²) in [6.45, 7) is 3.91. The molecule has 2 aromatic carbocycles. The highest BCUT2D eigenvalue weighted by molar-refractivity contribution is 6.30. The molecule has 2 aromatic rings. The number of nitrogens with one attached hydrogen (secondary N) is 3. The van der Waals surface area contributed by atoms with Crippen molar-refractivity contribution in [3.05, 3.63) is 47.5 Å². The van der Waals surface area contributed by atoms with E-state index < -0.39 is 11.4 Å². The van der Waals surface area contributed by atoms with E-state index in [0.29, 0.717) is 27.8 Å². The van der Waals surface area contributed by atoms with Crippen LogP contribution < -0.4 is 20.7 Å². The van der Waals surface area contributed by atoms with Crippen molar-refractivity contribution in [3.8, 4) is 5.75 Å². The first-order valence-corrected chi connectivity index (χ1v) is 8.13. The van der Waals surface area contributed by atoms with Gasteiger partial charge in [-0.25, -0.2) is 4.79 Å². The topological polar surface area (TPSA) is 79.5 Å². The largest absolute Gasteiger partial charge is 0.490 e. The number of hydrogen-bond acceptors (Lipinski definition) is 3. The van der Waals surface area contributed by atoms with Gasteiger partial charge in [0.05, 0.1) is 11.1 Å². The standard InChI is InChI=1S/C18H18ClN3O3/c1-18(2)10-25-15-8-7-13(9-14(15)22-16(18)23)21-17(24)20-12-5-3-11(19)4-6-12/h3-9H,10H2,1-2H3,(H,22,23)(H2,20,21,24). The molecule has 3 amide bonds. The van der Waals surface area contributed by atoms with Gasteiger partial charge in [-0.2, -0.15) is 0 Å². The summed E-state index contributed by atoms with van der Waals surface area (Å²) in [5.41, 5.74) is 1.06. The molecule has 0 aliphatic carbocycles. The molecule has 6 nitrogen and oxygen atoms in total. The molecule has 0 unspecified atom stereocenters. The van der Waals surface area contributed by atoms with E-state index in [9.17, 15) is 9.59 Å². The molecule has 0 atom stereocenters. The second kappa shape index (κ2) is 6.64. The zero-order chi connectivity index (χ0) is 18.0. The predicted octanol–water partition coefficient (Wildman–Crippen LogP) is 4.34. The first-order chi connectivity index (χ1) is 11.8. The van der Waals surface area contributed by atoms with Crippen molar-refractivity contribution >= 4 is 40.6 Å². The molecular formula is C18H18ClN3O3. The fourth-order valence-corrected chi connectivity index (χ4v) is 2.40. The minimum atomic E-state index is -0.626. The van der Waals surface area contributed by atoms with Crippen LogP contribution in [0.25, 0.3) is 0 Å². The molecule has 25 heavy (non-hydrogen) atoms. The molecule has 0 fully saturated rings. The summed E-state index contributed by atoms with van der Waals surface area (Å²) in [4.78, 5) is 24.3. The van der Waals surface area contributed by atoms with E-state index in [-0.39, 0.29) is 12.5 Å². The lowest BCUT2D eigenvalue weighted by molar-refractivity contribution is -0.124. The van der Waals surface area contributed by atoms with E-state index in [1.165, 1.54) is 0 Å². The van der Waals surface area contributed by atoms with Gasteiger partial charge in [0, 0.05) is 16.4 Å². The number of rotatable bonds is 2. The van der Waals surface area contributed by atoms with Crippen molar-refractivity contribution in [2.24, 2.45) is 5.41 Å². The Bertz CT molecular complexity index is 819. The molecule has 3 rings (SSSR count). The number of carbonyl (C=O) groups is 2. The molecule has 130 valence electrons. The SMILES string of the molecule is CC1(C)COc2ccc(NC(=O)Nc3ccc(Cl)cc3)cc2NC1=O. The highest BCUT2D eigenvalue weighted by Gasteiger charge is 2.32. The van der Waals surface area contributed by atoms with Crippen LogP contribution in [0.1, 0.15) is 13.8 Å². The molecule has 0 bridgehead atoms. The van der Waals surface area contributed by atoms with Gasteiger partial charge in [-0.15, -0.1) is 0 Å². The van der Waals surface area contributed by atoms with Crippen molar-refractivity contribution < 1.29 is 14.3 Å². The van der Waals surface area contributed by atoms with Crippen LogP contribution in [-0.2, 0) is 4.79 Å². The lowest BCUT2D eigenvalue weighted by Crippen LogP contribution is -2.33. The zero-order valence-electron chi connectivity index (χ0n) is 13.9. The van der Waals surface area contributed by atoms with Crippen molar-refractivity contribution in [3.63, 3.8) is 0 Å². The lowest BCUT2D eigenvalue weighted by atomic mass is 9.94. The van der Waals surface area contributed by atoms with Gasteiger partial charge in [-0.3, -0.25) is 4.79 Å². The monoisotopic (exact) mass is 359 g/mol. The normalized spacial score (nSPS) is 15.2. The van der Waals surface area contributed by atoms with Gasteiger partial charge in [0.2, 0.25) is 5.91 Å². The molecule has 3 N–H and O–H groups in total. The number of amides is 3. The molecule has 1 heterocycles. The second-order valence-electron chi connectivity index (χ2n) is 6.42. The quantitative estimate of drug-likeness (QED) is 0.746. The van der Waals surface area contributed by atoms with Gasteiger partial charge in [-0.1, -0.05) is 11.6 Å². The van der Waals surface area contributed by atoms with Crippen LogP contribution in [-0.4, -0.2) is 18.5 Å². The Kier molecular flexibility index (Phi) is 4.55. The van der Waals surface area contributed by atoms with Crippen molar-refractivity contribution in [2.45, 2.75) is 13.8 Å². The third kappa shape index (κ3) is 4.03. The third-order valence-electron chi connectivity index (χ3n) is 3.79. The number of halogens is 1. The van der Waals surface area contributed by atoms with Crippen LogP contribution in [0.4, 0.5) is 21.9 Å². The lowest BCUT2D eigenvalue weighted by Gasteiger charge is -2.18. The summed E-state index contributed by atoms with van der Waals surface area (Å²) >= 11 is 5.82. The van der Waals surface area contributed by atoms with Gasteiger partial charge < -0.3 is 20.7 Å². The molecule has 0 saturated heterocycles. The maximum Gasteiger partial charge on any atom is 0.323 e. The molecule has 0 radical (unpaired) electrons. The maximum atomic E-state index is 12.2. The van der Waals surface area contributed by atoms with Crippen LogP contribution in [0.3, 0.4) is 0 Å². The maximum absolute atomic E-state index is 12.2. The molecular weight excluding hydrogens is 342 g/mol. The molecule has 1 aliphatic heterocycles. The minimum Gasteiger partial charge on any atom is -0.490 e. The molecule has 0 saturated carbocycles. The average Bonchev–Trinajstić information content (AvgIpc) is 2.66. The van der Waals surface area contributed by atoms with Crippen LogP contribution in [0.2, 0.25) is 5.02 Å². The molecule has 0 aromatic heterocycles. The van der Waals surface area contributed by atoms with Crippen LogP contribution in [0.5, 0.6) is 5.75 Å². The van der Waals surface area contributed by atoms with Crippen molar-refractivity contribution in [1.29, 1.82) is 0 Å². The van der Waals surface area contributed by atoms with E-state index in [0.717, 1.165) is 0 Å². The highest BCUT2D eigenvalue weighted by Crippen LogP contribution is 2.34. The number of hydrogen-bond donors (Lipinski definition) is 3. The Morgan fingerprint density at radius 1 is 1.12 bits per heavy atom. The first kappa shape index (κ1) is 17.1. The number of carbonyl (C=O) groups excluding carboxylic acids is 2. The molecule has 1 aliphatic rings. The number of benzene rings is 2. The summed E-state index contributed by atoms with van der Waals surface area (Å²) in [5.74, 6) is 0.441. The van der Waals surface area contributed by atoms with Crippen molar-refractivity contribution in [1.82, 2.24) is 0 Å². The van der Waals surface area contributed by atoms with Crippen LogP contribution in [0, 0.1) is 5.41 Å². The Morgan fingerprint density at radius 3 is 2.48 bits per heavy atom. The fraction of sp³-hybridized carbons (Fsp3) is 0.222. The van der Waals surface area contributed by atoms with E-state index >= 15 is 0 Å². The predicted molar refractivity (Wildman–Crippen MR) is 98.4 cm³/mol. The van der Waals surface area contributed by atoms with Crippen LogP contribution in [0.15, 0.2) is 42.5 Å². The molecule has 0 spiro atoms. The Labute approximate surface area is 150 Å². The minimum absolute atomic E-state index is 0.131. The van der Waals surface area contributed by atoms with Gasteiger partial charge >= 0.3 is 6.03 Å². The summed E-state index contributed by atoms with van der Waals surface area (Å²) < 4.78 is 5.68. The fourth-order valence-electron chi connectivity index (χ4n) is 2.27. The summed E-state index contributed by atoms with van der Waals surface area (Å²) in [7, 11) is 0. The smallest absolute Gasteiger partial charge is 0.323 e. The van der Waals surface area contributed by atoms with Gasteiger partial charge in [0.25, 0.3) is 0 Å². The number of ether oxygens (including phenoxy) is 1. The Balaban J connectivity index is 1.71. The van der Waals surface area contributed by atoms with E-state index in [2.05, 4.69) is 16.0 Å². The zero-order valence-corrected chi connectivity index (χ0v) is 14.6. The third-order valence-corrected chi connectivity index (χ3v) is 4.04. The van der Waals surface area contributed by atoms with Gasteiger partial charge in [0.15, 0.2) is 0 Å². The number of anilines is 3. The highest BCUT2D eigenvalue weighted by atomic mass is 35.5. The van der Waals surface area contributed by atoms with E-state index in [1.807, 2.05) is 13.8 Å². The number of urea groups is 1. The summed E-state index contributed by atoms with van der Waals surface area (Å²) in [6.07, 6.45) is 0. The van der Waals surface area contributed by atoms with Gasteiger partial charge in [-0.05, 0) is 56.3 Å². The van der Waals surface area contributed by atoms with E-state index in [1.54, 1.807) is 42.5 Å². The molecule has 7 heteroatoms. The Hall–Kier alpha value is -2.73.